The third-order valence-electron chi connectivity index (χ3n) is 6.00. The van der Waals surface area contributed by atoms with E-state index in [1.807, 2.05) is 12.1 Å². The number of carbonyl (C=O) groups is 1. The van der Waals surface area contributed by atoms with Crippen LogP contribution >= 0.6 is 0 Å². The van der Waals surface area contributed by atoms with Gasteiger partial charge < -0.3 is 15.0 Å². The molecule has 1 N–H and O–H groups in total. The molecule has 34 heavy (non-hydrogen) atoms. The first kappa shape index (κ1) is 24.0. The highest BCUT2D eigenvalue weighted by molar-refractivity contribution is 6.06. The Morgan fingerprint density at radius 3 is 2.71 bits per heavy atom. The highest BCUT2D eigenvalue weighted by Crippen LogP contribution is 2.22. The Hall–Kier alpha value is -3.13. The van der Waals surface area contributed by atoms with E-state index in [4.69, 9.17) is 4.74 Å². The van der Waals surface area contributed by atoms with E-state index in [2.05, 4.69) is 34.3 Å². The largest absolute Gasteiger partial charge is 0.383 e. The summed E-state index contributed by atoms with van der Waals surface area (Å²) in [7, 11) is 1.62. The average Bonchev–Trinajstić information content (AvgIpc) is 2.85. The SMILES string of the molecule is COCCN(C(=O)c1ccc(-c2cccc(F)c2)nc1)c1ccc(CN2CCN[C@@H](C)C2)cc1. The second-order valence-electron chi connectivity index (χ2n) is 8.65. The van der Waals surface area contributed by atoms with Crippen molar-refractivity contribution in [1.29, 1.82) is 0 Å². The Kier molecular flexibility index (Phi) is 8.00. The van der Waals surface area contributed by atoms with Crippen LogP contribution < -0.4 is 10.2 Å². The molecule has 0 unspecified atom stereocenters. The fourth-order valence-corrected chi connectivity index (χ4v) is 4.22. The van der Waals surface area contributed by atoms with Crippen LogP contribution in [-0.2, 0) is 11.3 Å². The van der Waals surface area contributed by atoms with Crippen molar-refractivity contribution in [2.75, 3.05) is 44.8 Å². The van der Waals surface area contributed by atoms with Gasteiger partial charge in [0.2, 0.25) is 0 Å². The lowest BCUT2D eigenvalue weighted by Gasteiger charge is -2.32. The molecular weight excluding hydrogens is 431 g/mol. The van der Waals surface area contributed by atoms with Crippen molar-refractivity contribution in [1.82, 2.24) is 15.2 Å². The molecule has 2 heterocycles. The zero-order valence-electron chi connectivity index (χ0n) is 19.7. The van der Waals surface area contributed by atoms with E-state index >= 15 is 0 Å². The van der Waals surface area contributed by atoms with Crippen molar-refractivity contribution in [3.63, 3.8) is 0 Å². The third kappa shape index (κ3) is 6.05. The summed E-state index contributed by atoms with van der Waals surface area (Å²) < 4.78 is 18.8. The van der Waals surface area contributed by atoms with Gasteiger partial charge in [-0.05, 0) is 48.9 Å². The number of carbonyl (C=O) groups excluding carboxylic acids is 1. The Bertz CT molecular complexity index is 1090. The van der Waals surface area contributed by atoms with Gasteiger partial charge in [0.15, 0.2) is 0 Å². The summed E-state index contributed by atoms with van der Waals surface area (Å²) in [4.78, 5) is 21.9. The zero-order chi connectivity index (χ0) is 23.9. The van der Waals surface area contributed by atoms with Gasteiger partial charge in [-0.25, -0.2) is 4.39 Å². The van der Waals surface area contributed by atoms with Gasteiger partial charge in [-0.15, -0.1) is 0 Å². The molecule has 7 heteroatoms. The predicted octanol–water partition coefficient (Wildman–Crippen LogP) is 3.97. The maximum atomic E-state index is 13.5. The molecule has 4 rings (SSSR count). The first-order valence-corrected chi connectivity index (χ1v) is 11.6. The number of methoxy groups -OCH3 is 1. The molecule has 3 aromatic rings. The smallest absolute Gasteiger partial charge is 0.259 e. The van der Waals surface area contributed by atoms with Gasteiger partial charge in [0.25, 0.3) is 5.91 Å². The molecule has 1 saturated heterocycles. The van der Waals surface area contributed by atoms with Crippen molar-refractivity contribution in [2.45, 2.75) is 19.5 Å². The Morgan fingerprint density at radius 1 is 1.21 bits per heavy atom. The van der Waals surface area contributed by atoms with Crippen molar-refractivity contribution in [3.05, 3.63) is 83.8 Å². The van der Waals surface area contributed by atoms with Gasteiger partial charge in [0.1, 0.15) is 5.82 Å². The lowest BCUT2D eigenvalue weighted by atomic mass is 10.1. The Balaban J connectivity index is 1.49. The van der Waals surface area contributed by atoms with E-state index in [1.54, 1.807) is 42.5 Å². The second kappa shape index (κ2) is 11.3. The fourth-order valence-electron chi connectivity index (χ4n) is 4.22. The number of hydrogen-bond donors (Lipinski definition) is 1. The lowest BCUT2D eigenvalue weighted by molar-refractivity contribution is 0.0975. The average molecular weight is 463 g/mol. The van der Waals surface area contributed by atoms with E-state index in [0.29, 0.717) is 36.0 Å². The maximum absolute atomic E-state index is 13.5. The third-order valence-corrected chi connectivity index (χ3v) is 6.00. The minimum atomic E-state index is -0.319. The number of rotatable bonds is 8. The van der Waals surface area contributed by atoms with Crippen LogP contribution in [0, 0.1) is 5.82 Å². The van der Waals surface area contributed by atoms with Crippen LogP contribution in [0.4, 0.5) is 10.1 Å². The van der Waals surface area contributed by atoms with Crippen LogP contribution in [0.15, 0.2) is 66.9 Å². The fraction of sp³-hybridized carbons (Fsp3) is 0.333. The van der Waals surface area contributed by atoms with Gasteiger partial charge in [-0.1, -0.05) is 24.3 Å². The van der Waals surface area contributed by atoms with E-state index < -0.39 is 0 Å². The summed E-state index contributed by atoms with van der Waals surface area (Å²) in [5, 5.41) is 3.47. The second-order valence-corrected chi connectivity index (χ2v) is 8.65. The van der Waals surface area contributed by atoms with Gasteiger partial charge in [0.05, 0.1) is 17.9 Å². The standard InChI is InChI=1S/C27H31FN4O2/c1-20-18-31(13-12-29-20)19-21-6-9-25(10-7-21)32(14-15-34-2)27(33)23-8-11-26(30-17-23)22-4-3-5-24(28)16-22/h3-11,16-17,20,29H,12-15,18-19H2,1-2H3/t20-/m0/s1. The minimum Gasteiger partial charge on any atom is -0.383 e. The molecule has 0 saturated carbocycles. The van der Waals surface area contributed by atoms with Crippen molar-refractivity contribution >= 4 is 11.6 Å². The lowest BCUT2D eigenvalue weighted by Crippen LogP contribution is -2.48. The van der Waals surface area contributed by atoms with Crippen molar-refractivity contribution in [3.8, 4) is 11.3 Å². The number of amides is 1. The number of anilines is 1. The predicted molar refractivity (Wildman–Crippen MR) is 132 cm³/mol. The normalized spacial score (nSPS) is 16.4. The van der Waals surface area contributed by atoms with Crippen LogP contribution in [0.2, 0.25) is 0 Å². The Morgan fingerprint density at radius 2 is 2.03 bits per heavy atom. The van der Waals surface area contributed by atoms with E-state index in [0.717, 1.165) is 31.9 Å². The number of hydrogen-bond acceptors (Lipinski definition) is 5. The molecule has 1 atom stereocenters. The van der Waals surface area contributed by atoms with Crippen LogP contribution in [0.1, 0.15) is 22.8 Å². The van der Waals surface area contributed by atoms with Gasteiger partial charge in [-0.3, -0.25) is 14.7 Å². The summed E-state index contributed by atoms with van der Waals surface area (Å²) >= 11 is 0. The number of pyridine rings is 1. The Labute approximate surface area is 200 Å². The maximum Gasteiger partial charge on any atom is 0.259 e. The molecule has 1 aliphatic rings. The molecule has 1 fully saturated rings. The molecule has 1 aromatic heterocycles. The van der Waals surface area contributed by atoms with E-state index in [1.165, 1.54) is 17.7 Å². The number of ether oxygens (including phenoxy) is 1. The number of aromatic nitrogens is 1. The summed E-state index contributed by atoms with van der Waals surface area (Å²) in [6.07, 6.45) is 1.54. The summed E-state index contributed by atoms with van der Waals surface area (Å²) in [6, 6.07) is 18.4. The first-order chi connectivity index (χ1) is 16.5. The number of halogens is 1. The molecule has 0 radical (unpaired) electrons. The zero-order valence-corrected chi connectivity index (χ0v) is 19.7. The highest BCUT2D eigenvalue weighted by Gasteiger charge is 2.19. The number of piperazine rings is 1. The number of nitrogens with zero attached hydrogens (tertiary/aromatic N) is 3. The van der Waals surface area contributed by atoms with Crippen molar-refractivity contribution < 1.29 is 13.9 Å². The van der Waals surface area contributed by atoms with Gasteiger partial charge in [-0.2, -0.15) is 0 Å². The summed E-state index contributed by atoms with van der Waals surface area (Å²) in [6.45, 7) is 7.00. The molecule has 2 aromatic carbocycles. The van der Waals surface area contributed by atoms with E-state index in [9.17, 15) is 9.18 Å². The molecule has 0 spiro atoms. The quantitative estimate of drug-likeness (QED) is 0.549. The van der Waals surface area contributed by atoms with Crippen LogP contribution in [0.25, 0.3) is 11.3 Å². The van der Waals surface area contributed by atoms with E-state index in [-0.39, 0.29) is 11.7 Å². The van der Waals surface area contributed by atoms with Crippen LogP contribution in [0.5, 0.6) is 0 Å². The minimum absolute atomic E-state index is 0.154. The monoisotopic (exact) mass is 462 g/mol. The van der Waals surface area contributed by atoms with Crippen LogP contribution in [0.3, 0.4) is 0 Å². The topological polar surface area (TPSA) is 57.7 Å². The van der Waals surface area contributed by atoms with Gasteiger partial charge in [0, 0.05) is 63.3 Å². The number of nitrogens with one attached hydrogen (secondary N) is 1. The molecule has 0 aliphatic carbocycles. The van der Waals surface area contributed by atoms with Crippen LogP contribution in [-0.4, -0.2) is 61.7 Å². The molecule has 6 nitrogen and oxygen atoms in total. The molecular formula is C27H31FN4O2. The highest BCUT2D eigenvalue weighted by atomic mass is 19.1. The summed E-state index contributed by atoms with van der Waals surface area (Å²) in [5.41, 5.74) is 3.79. The summed E-state index contributed by atoms with van der Waals surface area (Å²) in [5.74, 6) is -0.473. The van der Waals surface area contributed by atoms with Crippen molar-refractivity contribution in [2.24, 2.45) is 0 Å². The molecule has 178 valence electrons. The first-order valence-electron chi connectivity index (χ1n) is 11.6. The number of benzene rings is 2. The molecule has 1 aliphatic heterocycles. The molecule has 0 bridgehead atoms. The van der Waals surface area contributed by atoms with Gasteiger partial charge >= 0.3 is 0 Å². The molecule has 1 amide bonds.